The monoisotopic (exact) mass is 610 g/mol. The molecular formula is C38H50N4O3. The third-order valence-electron chi connectivity index (χ3n) is 8.61. The molecule has 1 saturated heterocycles. The van der Waals surface area contributed by atoms with Crippen molar-refractivity contribution in [2.75, 3.05) is 51.3 Å². The molecule has 0 unspecified atom stereocenters. The zero-order valence-corrected chi connectivity index (χ0v) is 28.4. The molecule has 45 heavy (non-hydrogen) atoms. The summed E-state index contributed by atoms with van der Waals surface area (Å²) in [5.41, 5.74) is 8.57. The van der Waals surface area contributed by atoms with Gasteiger partial charge in [-0.3, -0.25) is 4.79 Å². The number of nitrogens with zero attached hydrogens (tertiary/aromatic N) is 3. The van der Waals surface area contributed by atoms with E-state index < -0.39 is 0 Å². The molecule has 0 radical (unpaired) electrons. The molecule has 4 aromatic rings. The molecule has 2 heterocycles. The number of rotatable bonds is 9. The number of aromatic nitrogens is 2. The number of H-pyrrole nitrogens is 1. The topological polar surface area (TPSA) is 70.7 Å². The molecule has 0 spiro atoms. The SMILES string of the molecule is CCOC(=O)CCCOc1c(C(C)(C)C)cc(-c2nc3ccc(-c4ccc(N5CCN(C)CC5)cc4)cc3[nH]2)cc1C(C)(C)C. The number of hydrogen-bond donors (Lipinski definition) is 1. The Morgan fingerprint density at radius 1 is 0.844 bits per heavy atom. The first kappa shape index (κ1) is 32.6. The summed E-state index contributed by atoms with van der Waals surface area (Å²) >= 11 is 0. The minimum atomic E-state index is -0.181. The Morgan fingerprint density at radius 2 is 1.47 bits per heavy atom. The van der Waals surface area contributed by atoms with E-state index in [9.17, 15) is 4.79 Å². The van der Waals surface area contributed by atoms with Gasteiger partial charge in [-0.25, -0.2) is 4.98 Å². The smallest absolute Gasteiger partial charge is 0.305 e. The van der Waals surface area contributed by atoms with Gasteiger partial charge in [-0.2, -0.15) is 0 Å². The number of likely N-dealkylation sites (N-methyl/N-ethyl adjacent to an activating group) is 1. The summed E-state index contributed by atoms with van der Waals surface area (Å²) in [7, 11) is 2.19. The summed E-state index contributed by atoms with van der Waals surface area (Å²) in [6.07, 6.45) is 0.960. The zero-order chi connectivity index (χ0) is 32.4. The van der Waals surface area contributed by atoms with Gasteiger partial charge in [0.15, 0.2) is 0 Å². The number of fused-ring (bicyclic) bond motifs is 1. The first-order valence-corrected chi connectivity index (χ1v) is 16.3. The van der Waals surface area contributed by atoms with Crippen molar-refractivity contribution in [3.05, 3.63) is 65.7 Å². The minimum absolute atomic E-state index is 0.165. The molecule has 0 saturated carbocycles. The van der Waals surface area contributed by atoms with Gasteiger partial charge in [0.1, 0.15) is 11.6 Å². The predicted molar refractivity (Wildman–Crippen MR) is 185 cm³/mol. The summed E-state index contributed by atoms with van der Waals surface area (Å²) in [5, 5.41) is 0. The number of benzene rings is 3. The average molecular weight is 611 g/mol. The number of ether oxygens (including phenoxy) is 2. The lowest BCUT2D eigenvalue weighted by atomic mass is 9.78. The lowest BCUT2D eigenvalue weighted by Crippen LogP contribution is -2.44. The van der Waals surface area contributed by atoms with Crippen molar-refractivity contribution in [2.24, 2.45) is 0 Å². The van der Waals surface area contributed by atoms with Gasteiger partial charge in [0.05, 0.1) is 24.2 Å². The van der Waals surface area contributed by atoms with Gasteiger partial charge in [0, 0.05) is 55.0 Å². The van der Waals surface area contributed by atoms with E-state index in [1.807, 2.05) is 6.92 Å². The molecule has 1 aliphatic heterocycles. The van der Waals surface area contributed by atoms with Crippen LogP contribution in [0.25, 0.3) is 33.5 Å². The van der Waals surface area contributed by atoms with Crippen LogP contribution in [0.15, 0.2) is 54.6 Å². The van der Waals surface area contributed by atoms with Crippen LogP contribution in [0.2, 0.25) is 0 Å². The van der Waals surface area contributed by atoms with Crippen molar-refractivity contribution in [1.29, 1.82) is 0 Å². The van der Waals surface area contributed by atoms with Crippen LogP contribution >= 0.6 is 0 Å². The fourth-order valence-corrected chi connectivity index (χ4v) is 5.91. The largest absolute Gasteiger partial charge is 0.493 e. The van der Waals surface area contributed by atoms with Gasteiger partial charge >= 0.3 is 5.97 Å². The highest BCUT2D eigenvalue weighted by atomic mass is 16.5. The molecule has 0 amide bonds. The van der Waals surface area contributed by atoms with Gasteiger partial charge in [-0.15, -0.1) is 0 Å². The van der Waals surface area contributed by atoms with Crippen LogP contribution in [0.3, 0.4) is 0 Å². The highest BCUT2D eigenvalue weighted by molar-refractivity contribution is 5.85. The summed E-state index contributed by atoms with van der Waals surface area (Å²) in [5.74, 6) is 1.57. The van der Waals surface area contributed by atoms with E-state index in [1.165, 1.54) is 16.8 Å². The standard InChI is InChI=1S/C38H50N4O3/c1-9-44-34(43)11-10-22-45-35-30(37(2,3)4)23-28(24-31(35)38(5,6)7)36-39-32-17-14-27(25-33(32)40-36)26-12-15-29(16-13-26)42-20-18-41(8)19-21-42/h12-17,23-25H,9-11,18-22H2,1-8H3,(H,39,40). The molecule has 0 bridgehead atoms. The number of nitrogens with one attached hydrogen (secondary N) is 1. The Balaban J connectivity index is 1.44. The number of hydrogen-bond acceptors (Lipinski definition) is 6. The summed E-state index contributed by atoms with van der Waals surface area (Å²) < 4.78 is 11.6. The van der Waals surface area contributed by atoms with Gasteiger partial charge in [-0.1, -0.05) is 59.7 Å². The van der Waals surface area contributed by atoms with Crippen molar-refractivity contribution >= 4 is 22.7 Å². The molecule has 240 valence electrons. The van der Waals surface area contributed by atoms with Crippen molar-refractivity contribution in [3.8, 4) is 28.3 Å². The number of piperazine rings is 1. The van der Waals surface area contributed by atoms with Crippen LogP contribution in [0, 0.1) is 0 Å². The van der Waals surface area contributed by atoms with E-state index in [0.29, 0.717) is 26.1 Å². The lowest BCUT2D eigenvalue weighted by Gasteiger charge is -2.34. The van der Waals surface area contributed by atoms with Gasteiger partial charge in [0.2, 0.25) is 0 Å². The van der Waals surface area contributed by atoms with Gasteiger partial charge in [-0.05, 0) is 78.7 Å². The Kier molecular flexibility index (Phi) is 9.59. The molecule has 0 aliphatic carbocycles. The molecule has 1 fully saturated rings. The quantitative estimate of drug-likeness (QED) is 0.153. The number of imidazole rings is 1. The normalized spacial score (nSPS) is 14.6. The predicted octanol–water partition coefficient (Wildman–Crippen LogP) is 7.97. The lowest BCUT2D eigenvalue weighted by molar-refractivity contribution is -0.143. The molecule has 1 aromatic heterocycles. The molecule has 5 rings (SSSR count). The van der Waals surface area contributed by atoms with Crippen LogP contribution in [-0.4, -0.2) is 67.3 Å². The Hall–Kier alpha value is -3.84. The first-order chi connectivity index (χ1) is 21.3. The van der Waals surface area contributed by atoms with Gasteiger partial charge in [0.25, 0.3) is 0 Å². The minimum Gasteiger partial charge on any atom is -0.493 e. The van der Waals surface area contributed by atoms with Gasteiger partial charge < -0.3 is 24.3 Å². The van der Waals surface area contributed by atoms with E-state index >= 15 is 0 Å². The van der Waals surface area contributed by atoms with E-state index in [2.05, 4.69) is 118 Å². The number of aromatic amines is 1. The van der Waals surface area contributed by atoms with Crippen molar-refractivity contribution < 1.29 is 14.3 Å². The number of carbonyl (C=O) groups is 1. The maximum Gasteiger partial charge on any atom is 0.305 e. The second kappa shape index (κ2) is 13.3. The summed E-state index contributed by atoms with van der Waals surface area (Å²) in [6, 6.07) is 19.8. The second-order valence-electron chi connectivity index (χ2n) is 14.3. The molecule has 0 atom stereocenters. The van der Waals surface area contributed by atoms with E-state index in [-0.39, 0.29) is 16.8 Å². The van der Waals surface area contributed by atoms with Crippen molar-refractivity contribution in [3.63, 3.8) is 0 Å². The Morgan fingerprint density at radius 3 is 2.07 bits per heavy atom. The molecule has 3 aromatic carbocycles. The molecular weight excluding hydrogens is 560 g/mol. The van der Waals surface area contributed by atoms with E-state index in [1.54, 1.807) is 0 Å². The third-order valence-corrected chi connectivity index (χ3v) is 8.61. The maximum absolute atomic E-state index is 11.9. The zero-order valence-electron chi connectivity index (χ0n) is 28.4. The first-order valence-electron chi connectivity index (χ1n) is 16.3. The second-order valence-corrected chi connectivity index (χ2v) is 14.3. The Labute approximate surface area is 268 Å². The summed E-state index contributed by atoms with van der Waals surface area (Å²) in [6.45, 7) is 20.3. The number of anilines is 1. The van der Waals surface area contributed by atoms with E-state index in [0.717, 1.165) is 65.5 Å². The fraction of sp³-hybridized carbons (Fsp3) is 0.474. The maximum atomic E-state index is 11.9. The average Bonchev–Trinajstić information content (AvgIpc) is 3.42. The highest BCUT2D eigenvalue weighted by Gasteiger charge is 2.29. The molecule has 7 nitrogen and oxygen atoms in total. The van der Waals surface area contributed by atoms with Crippen LogP contribution < -0.4 is 9.64 Å². The van der Waals surface area contributed by atoms with E-state index in [4.69, 9.17) is 14.5 Å². The van der Waals surface area contributed by atoms with Crippen LogP contribution in [-0.2, 0) is 20.4 Å². The van der Waals surface area contributed by atoms with Crippen LogP contribution in [0.1, 0.15) is 72.4 Å². The van der Waals surface area contributed by atoms with Crippen LogP contribution in [0.4, 0.5) is 5.69 Å². The summed E-state index contributed by atoms with van der Waals surface area (Å²) in [4.78, 5) is 25.4. The highest BCUT2D eigenvalue weighted by Crippen LogP contribution is 2.43. The molecule has 1 N–H and O–H groups in total. The number of carbonyl (C=O) groups excluding carboxylic acids is 1. The van der Waals surface area contributed by atoms with Crippen LogP contribution in [0.5, 0.6) is 5.75 Å². The van der Waals surface area contributed by atoms with Crippen molar-refractivity contribution in [1.82, 2.24) is 14.9 Å². The third kappa shape index (κ3) is 7.70. The molecule has 7 heteroatoms. The Bertz CT molecular complexity index is 1580. The van der Waals surface area contributed by atoms with Crippen molar-refractivity contribution in [2.45, 2.75) is 72.1 Å². The number of esters is 1. The molecule has 1 aliphatic rings. The fourth-order valence-electron chi connectivity index (χ4n) is 5.91.